The molecular weight excluding hydrogens is 234 g/mol. The molecule has 1 aromatic rings. The molecule has 1 rings (SSSR count). The number of hydrogen-bond acceptors (Lipinski definition) is 3. The molecule has 1 unspecified atom stereocenters. The average molecular weight is 255 g/mol. The molecule has 0 heterocycles. The highest BCUT2D eigenvalue weighted by atomic mass is 32.2. The lowest BCUT2D eigenvalue weighted by atomic mass is 10.3. The molecule has 1 atom stereocenters. The highest BCUT2D eigenvalue weighted by Crippen LogP contribution is 2.14. The van der Waals surface area contributed by atoms with Crippen molar-refractivity contribution >= 4 is 16.5 Å². The van der Waals surface area contributed by atoms with Crippen LogP contribution in [0.25, 0.3) is 0 Å². The van der Waals surface area contributed by atoms with Crippen LogP contribution in [0.4, 0.5) is 5.69 Å². The van der Waals surface area contributed by atoms with Gasteiger partial charge in [-0.05, 0) is 24.5 Å². The largest absolute Gasteiger partial charge is 0.493 e. The lowest BCUT2D eigenvalue weighted by Gasteiger charge is -2.07. The van der Waals surface area contributed by atoms with E-state index in [1.54, 1.807) is 6.07 Å². The first-order valence-electron chi connectivity index (χ1n) is 5.91. The first kappa shape index (κ1) is 14.0. The van der Waals surface area contributed by atoms with Gasteiger partial charge in [-0.15, -0.1) is 0 Å². The van der Waals surface area contributed by atoms with Crippen LogP contribution >= 0.6 is 0 Å². The predicted octanol–water partition coefficient (Wildman–Crippen LogP) is 2.44. The smallest absolute Gasteiger partial charge is 0.121 e. The van der Waals surface area contributed by atoms with Crippen molar-refractivity contribution in [2.24, 2.45) is 5.92 Å². The van der Waals surface area contributed by atoms with Crippen molar-refractivity contribution in [3.63, 3.8) is 0 Å². The van der Waals surface area contributed by atoms with Gasteiger partial charge in [0.05, 0.1) is 6.61 Å². The summed E-state index contributed by atoms with van der Waals surface area (Å²) in [5, 5.41) is 0. The summed E-state index contributed by atoms with van der Waals surface area (Å²) in [6.45, 7) is 4.76. The molecule has 0 saturated heterocycles. The summed E-state index contributed by atoms with van der Waals surface area (Å²) < 4.78 is 17.1. The van der Waals surface area contributed by atoms with E-state index in [1.165, 1.54) is 0 Å². The van der Waals surface area contributed by atoms with Crippen LogP contribution in [-0.2, 0) is 10.8 Å². The van der Waals surface area contributed by atoms with E-state index in [-0.39, 0.29) is 0 Å². The van der Waals surface area contributed by atoms with Crippen LogP contribution in [0, 0.1) is 5.92 Å². The topological polar surface area (TPSA) is 52.3 Å². The number of rotatable bonds is 7. The Morgan fingerprint density at radius 2 is 2.18 bits per heavy atom. The van der Waals surface area contributed by atoms with Gasteiger partial charge in [0.15, 0.2) is 0 Å². The fourth-order valence-corrected chi connectivity index (χ4v) is 2.82. The highest BCUT2D eigenvalue weighted by Gasteiger charge is 2.03. The minimum atomic E-state index is -0.717. The molecule has 1 aromatic carbocycles. The van der Waals surface area contributed by atoms with E-state index >= 15 is 0 Å². The van der Waals surface area contributed by atoms with E-state index < -0.39 is 10.8 Å². The van der Waals surface area contributed by atoms with Crippen LogP contribution in [0.2, 0.25) is 0 Å². The summed E-state index contributed by atoms with van der Waals surface area (Å²) in [6, 6.07) is 7.36. The van der Waals surface area contributed by atoms with E-state index in [4.69, 9.17) is 10.5 Å². The molecule has 3 nitrogen and oxygen atoms in total. The molecule has 0 spiro atoms. The van der Waals surface area contributed by atoms with Crippen molar-refractivity contribution in [1.82, 2.24) is 0 Å². The Hall–Kier alpha value is -1.03. The molecule has 0 aliphatic carbocycles. The highest BCUT2D eigenvalue weighted by molar-refractivity contribution is 7.84. The first-order chi connectivity index (χ1) is 8.08. The Balaban J connectivity index is 2.18. The van der Waals surface area contributed by atoms with Gasteiger partial charge in [-0.1, -0.05) is 19.9 Å². The van der Waals surface area contributed by atoms with E-state index in [1.807, 2.05) is 18.2 Å². The fourth-order valence-electron chi connectivity index (χ4n) is 1.47. The molecular formula is C13H21NO2S. The summed E-state index contributed by atoms with van der Waals surface area (Å²) in [4.78, 5) is 0. The summed E-state index contributed by atoms with van der Waals surface area (Å²) >= 11 is 0. The minimum Gasteiger partial charge on any atom is -0.493 e. The summed E-state index contributed by atoms with van der Waals surface area (Å²) in [7, 11) is -0.717. The second-order valence-corrected chi connectivity index (χ2v) is 6.10. The average Bonchev–Trinajstić information content (AvgIpc) is 2.23. The van der Waals surface area contributed by atoms with Gasteiger partial charge >= 0.3 is 0 Å². The maximum absolute atomic E-state index is 11.6. The van der Waals surface area contributed by atoms with Gasteiger partial charge in [0.25, 0.3) is 0 Å². The number of ether oxygens (including phenoxy) is 1. The zero-order chi connectivity index (χ0) is 12.7. The van der Waals surface area contributed by atoms with E-state index in [2.05, 4.69) is 13.8 Å². The number of hydrogen-bond donors (Lipinski definition) is 1. The molecule has 0 aliphatic heterocycles. The molecule has 0 fully saturated rings. The van der Waals surface area contributed by atoms with Crippen LogP contribution in [0.1, 0.15) is 20.3 Å². The Morgan fingerprint density at radius 3 is 2.82 bits per heavy atom. The zero-order valence-corrected chi connectivity index (χ0v) is 11.3. The third-order valence-electron chi connectivity index (χ3n) is 2.16. The summed E-state index contributed by atoms with van der Waals surface area (Å²) in [6.07, 6.45) is 0.814. The second kappa shape index (κ2) is 7.33. The maximum atomic E-state index is 11.6. The SMILES string of the molecule is CC(C)CS(=O)CCCOc1cccc(N)c1. The molecule has 4 heteroatoms. The monoisotopic (exact) mass is 255 g/mol. The van der Waals surface area contributed by atoms with Gasteiger partial charge < -0.3 is 10.5 Å². The van der Waals surface area contributed by atoms with Crippen molar-refractivity contribution in [3.8, 4) is 5.75 Å². The van der Waals surface area contributed by atoms with Gasteiger partial charge in [0.1, 0.15) is 5.75 Å². The number of nitrogens with two attached hydrogens (primary N) is 1. The Morgan fingerprint density at radius 1 is 1.41 bits per heavy atom. The molecule has 0 radical (unpaired) electrons. The van der Waals surface area contributed by atoms with Crippen LogP contribution in [0.15, 0.2) is 24.3 Å². The number of anilines is 1. The van der Waals surface area contributed by atoms with Crippen LogP contribution in [0.5, 0.6) is 5.75 Å². The third-order valence-corrected chi connectivity index (χ3v) is 3.94. The van der Waals surface area contributed by atoms with Crippen molar-refractivity contribution in [1.29, 1.82) is 0 Å². The minimum absolute atomic E-state index is 0.491. The molecule has 0 saturated carbocycles. The van der Waals surface area contributed by atoms with Crippen molar-refractivity contribution < 1.29 is 8.95 Å². The molecule has 0 aromatic heterocycles. The normalized spacial score (nSPS) is 12.6. The van der Waals surface area contributed by atoms with Gasteiger partial charge in [0, 0.05) is 34.1 Å². The van der Waals surface area contributed by atoms with Crippen molar-refractivity contribution in [3.05, 3.63) is 24.3 Å². The van der Waals surface area contributed by atoms with E-state index in [0.29, 0.717) is 24.0 Å². The standard InChI is InChI=1S/C13H21NO2S/c1-11(2)10-17(15)8-4-7-16-13-6-3-5-12(14)9-13/h3,5-6,9,11H,4,7-8,10,14H2,1-2H3. The Bertz CT molecular complexity index is 366. The first-order valence-corrected chi connectivity index (χ1v) is 7.40. The Kier molecular flexibility index (Phi) is 6.05. The molecule has 0 bridgehead atoms. The third kappa shape index (κ3) is 6.31. The molecule has 0 amide bonds. The van der Waals surface area contributed by atoms with Gasteiger partial charge in [-0.25, -0.2) is 0 Å². The molecule has 2 N–H and O–H groups in total. The zero-order valence-electron chi connectivity index (χ0n) is 10.5. The van der Waals surface area contributed by atoms with Crippen LogP contribution < -0.4 is 10.5 Å². The molecule has 96 valence electrons. The quantitative estimate of drug-likeness (QED) is 0.601. The van der Waals surface area contributed by atoms with Gasteiger partial charge in [-0.2, -0.15) is 0 Å². The van der Waals surface area contributed by atoms with Gasteiger partial charge in [-0.3, -0.25) is 4.21 Å². The van der Waals surface area contributed by atoms with Crippen LogP contribution in [-0.4, -0.2) is 22.3 Å². The van der Waals surface area contributed by atoms with Crippen molar-refractivity contribution in [2.45, 2.75) is 20.3 Å². The molecule has 17 heavy (non-hydrogen) atoms. The lowest BCUT2D eigenvalue weighted by Crippen LogP contribution is -2.10. The van der Waals surface area contributed by atoms with Crippen LogP contribution in [0.3, 0.4) is 0 Å². The lowest BCUT2D eigenvalue weighted by molar-refractivity contribution is 0.318. The van der Waals surface area contributed by atoms with E-state index in [0.717, 1.165) is 17.9 Å². The molecule has 0 aliphatic rings. The summed E-state index contributed by atoms with van der Waals surface area (Å²) in [5.74, 6) is 2.75. The van der Waals surface area contributed by atoms with E-state index in [9.17, 15) is 4.21 Å². The predicted molar refractivity (Wildman–Crippen MR) is 73.7 cm³/mol. The Labute approximate surface area is 106 Å². The second-order valence-electron chi connectivity index (χ2n) is 4.48. The fraction of sp³-hybridized carbons (Fsp3) is 0.538. The maximum Gasteiger partial charge on any atom is 0.121 e. The number of benzene rings is 1. The van der Waals surface area contributed by atoms with Gasteiger partial charge in [0.2, 0.25) is 0 Å². The summed E-state index contributed by atoms with van der Waals surface area (Å²) in [5.41, 5.74) is 6.34. The number of nitrogen functional groups attached to an aromatic ring is 1. The van der Waals surface area contributed by atoms with Crippen molar-refractivity contribution in [2.75, 3.05) is 23.8 Å².